The van der Waals surface area contributed by atoms with Gasteiger partial charge in [-0.3, -0.25) is 19.3 Å². The molecule has 0 bridgehead atoms. The van der Waals surface area contributed by atoms with Gasteiger partial charge in [-0.2, -0.15) is 0 Å². The van der Waals surface area contributed by atoms with Crippen LogP contribution in [0.4, 0.5) is 4.79 Å². The first-order valence-corrected chi connectivity index (χ1v) is 9.04. The van der Waals surface area contributed by atoms with E-state index in [1.165, 1.54) is 0 Å². The number of carbonyl (C=O) groups excluding carboxylic acids is 4. The number of hydrogen-bond acceptors (Lipinski definition) is 6. The van der Waals surface area contributed by atoms with Gasteiger partial charge in [0, 0.05) is 13.1 Å². The second-order valence-electron chi connectivity index (χ2n) is 7.33. The van der Waals surface area contributed by atoms with E-state index in [0.29, 0.717) is 25.9 Å². The van der Waals surface area contributed by atoms with E-state index in [2.05, 4.69) is 5.32 Å². The summed E-state index contributed by atoms with van der Waals surface area (Å²) in [5, 5.41) is 2.70. The van der Waals surface area contributed by atoms with E-state index in [1.54, 1.807) is 4.90 Å². The molecular weight excluding hydrogens is 342 g/mol. The number of rotatable bonds is 4. The van der Waals surface area contributed by atoms with Crippen LogP contribution in [-0.4, -0.2) is 77.6 Å². The van der Waals surface area contributed by atoms with Crippen LogP contribution in [0.3, 0.4) is 0 Å². The van der Waals surface area contributed by atoms with Crippen molar-refractivity contribution in [3.05, 3.63) is 0 Å². The summed E-state index contributed by atoms with van der Waals surface area (Å²) in [7, 11) is 0. The summed E-state index contributed by atoms with van der Waals surface area (Å²) in [5.74, 6) is -1.46. The Balaban J connectivity index is 1.49. The minimum atomic E-state index is -0.854. The molecule has 0 radical (unpaired) electrons. The lowest BCUT2D eigenvalue weighted by Crippen LogP contribution is -2.49. The number of nitrogens with zero attached hydrogens (tertiary/aromatic N) is 2. The predicted octanol–water partition coefficient (Wildman–Crippen LogP) is 0.0300. The predicted molar refractivity (Wildman–Crippen MR) is 89.0 cm³/mol. The second-order valence-corrected chi connectivity index (χ2v) is 7.33. The van der Waals surface area contributed by atoms with Crippen LogP contribution in [0.1, 0.15) is 39.5 Å². The fourth-order valence-electron chi connectivity index (χ4n) is 3.93. The lowest BCUT2D eigenvalue weighted by molar-refractivity contribution is -0.158. The summed E-state index contributed by atoms with van der Waals surface area (Å²) < 4.78 is 10.6. The van der Waals surface area contributed by atoms with Crippen molar-refractivity contribution in [2.75, 3.05) is 26.2 Å². The van der Waals surface area contributed by atoms with Crippen molar-refractivity contribution in [3.63, 3.8) is 0 Å². The largest absolute Gasteiger partial charge is 0.454 e. The average molecular weight is 367 g/mol. The normalized spacial score (nSPS) is 27.8. The number of amides is 4. The molecule has 9 nitrogen and oxygen atoms in total. The van der Waals surface area contributed by atoms with Crippen molar-refractivity contribution < 1.29 is 28.7 Å². The van der Waals surface area contributed by atoms with E-state index < -0.39 is 30.7 Å². The SMILES string of the molecule is C[C@@H]1CN(C(=O)COC(=O)CN2C(=O)NC3(CCCC3)C2=O)C[C@H](C)O1. The maximum Gasteiger partial charge on any atom is 0.326 e. The van der Waals surface area contributed by atoms with Gasteiger partial charge in [-0.05, 0) is 26.7 Å². The number of esters is 1. The van der Waals surface area contributed by atoms with Gasteiger partial charge < -0.3 is 19.7 Å². The number of imide groups is 1. The molecule has 2 heterocycles. The van der Waals surface area contributed by atoms with Crippen LogP contribution in [0.15, 0.2) is 0 Å². The van der Waals surface area contributed by atoms with E-state index in [0.717, 1.165) is 17.7 Å². The minimum Gasteiger partial charge on any atom is -0.454 e. The summed E-state index contributed by atoms with van der Waals surface area (Å²) in [5.41, 5.74) is -0.854. The Kier molecular flexibility index (Phi) is 5.17. The van der Waals surface area contributed by atoms with Gasteiger partial charge in [0.1, 0.15) is 12.1 Å². The van der Waals surface area contributed by atoms with E-state index in [1.807, 2.05) is 13.8 Å². The quantitative estimate of drug-likeness (QED) is 0.555. The first kappa shape index (κ1) is 18.6. The molecule has 3 fully saturated rings. The number of ether oxygens (including phenoxy) is 2. The van der Waals surface area contributed by atoms with Crippen LogP contribution in [0.5, 0.6) is 0 Å². The zero-order valence-corrected chi connectivity index (χ0v) is 15.2. The second kappa shape index (κ2) is 7.22. The molecule has 4 amide bonds. The van der Waals surface area contributed by atoms with Gasteiger partial charge in [0.05, 0.1) is 12.2 Å². The van der Waals surface area contributed by atoms with Crippen molar-refractivity contribution in [3.8, 4) is 0 Å². The molecule has 1 spiro atoms. The summed E-state index contributed by atoms with van der Waals surface area (Å²) in [6.45, 7) is 3.74. The van der Waals surface area contributed by atoms with Crippen LogP contribution >= 0.6 is 0 Å². The van der Waals surface area contributed by atoms with Crippen LogP contribution in [0.25, 0.3) is 0 Å². The number of nitrogens with one attached hydrogen (secondary N) is 1. The molecule has 0 aromatic carbocycles. The highest BCUT2D eigenvalue weighted by Gasteiger charge is 2.52. The van der Waals surface area contributed by atoms with Gasteiger partial charge in [-0.25, -0.2) is 4.79 Å². The summed E-state index contributed by atoms with van der Waals surface area (Å²) >= 11 is 0. The third-order valence-electron chi connectivity index (χ3n) is 5.12. The molecule has 2 saturated heterocycles. The Hall–Kier alpha value is -2.16. The van der Waals surface area contributed by atoms with Gasteiger partial charge in [0.15, 0.2) is 6.61 Å². The molecule has 0 unspecified atom stereocenters. The highest BCUT2D eigenvalue weighted by molar-refractivity contribution is 6.08. The Morgan fingerprint density at radius 1 is 1.19 bits per heavy atom. The van der Waals surface area contributed by atoms with Gasteiger partial charge >= 0.3 is 12.0 Å². The Bertz CT molecular complexity index is 606. The molecule has 26 heavy (non-hydrogen) atoms. The van der Waals surface area contributed by atoms with Crippen LogP contribution in [-0.2, 0) is 23.9 Å². The number of carbonyl (C=O) groups is 4. The monoisotopic (exact) mass is 367 g/mol. The molecule has 3 rings (SSSR count). The fourth-order valence-corrected chi connectivity index (χ4v) is 3.93. The molecule has 3 aliphatic rings. The molecular formula is C17H25N3O6. The summed E-state index contributed by atoms with van der Waals surface area (Å²) in [6.07, 6.45) is 2.77. The lowest BCUT2D eigenvalue weighted by Gasteiger charge is -2.35. The molecule has 9 heteroatoms. The van der Waals surface area contributed by atoms with Crippen LogP contribution < -0.4 is 5.32 Å². The van der Waals surface area contributed by atoms with Gasteiger partial charge in [-0.15, -0.1) is 0 Å². The Labute approximate surface area is 152 Å². The molecule has 2 aliphatic heterocycles. The summed E-state index contributed by atoms with van der Waals surface area (Å²) in [4.78, 5) is 51.2. The van der Waals surface area contributed by atoms with Crippen LogP contribution in [0.2, 0.25) is 0 Å². The fraction of sp³-hybridized carbons (Fsp3) is 0.765. The van der Waals surface area contributed by atoms with Crippen molar-refractivity contribution in [1.82, 2.24) is 15.1 Å². The first-order chi connectivity index (χ1) is 12.3. The number of morpholine rings is 1. The average Bonchev–Trinajstić information content (AvgIpc) is 3.13. The van der Waals surface area contributed by atoms with Crippen molar-refractivity contribution in [1.29, 1.82) is 0 Å². The Morgan fingerprint density at radius 3 is 2.42 bits per heavy atom. The smallest absolute Gasteiger partial charge is 0.326 e. The first-order valence-electron chi connectivity index (χ1n) is 9.04. The third kappa shape index (κ3) is 3.67. The molecule has 2 atom stereocenters. The Morgan fingerprint density at radius 2 is 1.81 bits per heavy atom. The zero-order chi connectivity index (χ0) is 18.9. The zero-order valence-electron chi connectivity index (χ0n) is 15.2. The highest BCUT2D eigenvalue weighted by Crippen LogP contribution is 2.34. The van der Waals surface area contributed by atoms with Crippen LogP contribution in [0, 0.1) is 0 Å². The van der Waals surface area contributed by atoms with Crippen molar-refractivity contribution in [2.24, 2.45) is 0 Å². The molecule has 1 saturated carbocycles. The summed E-state index contributed by atoms with van der Waals surface area (Å²) in [6, 6.07) is -0.573. The van der Waals surface area contributed by atoms with Crippen molar-refractivity contribution in [2.45, 2.75) is 57.3 Å². The number of urea groups is 1. The third-order valence-corrected chi connectivity index (χ3v) is 5.12. The van der Waals surface area contributed by atoms with E-state index in [4.69, 9.17) is 9.47 Å². The van der Waals surface area contributed by atoms with Gasteiger partial charge in [0.2, 0.25) is 0 Å². The van der Waals surface area contributed by atoms with E-state index in [9.17, 15) is 19.2 Å². The molecule has 0 aromatic heterocycles. The topological polar surface area (TPSA) is 105 Å². The molecule has 144 valence electrons. The molecule has 1 N–H and O–H groups in total. The standard InChI is InChI=1S/C17H25N3O6/c1-11-7-19(8-12(2)26-11)13(21)10-25-14(22)9-20-15(23)17(18-16(20)24)5-3-4-6-17/h11-12H,3-10H2,1-2H3,(H,18,24)/t11-,12+. The molecule has 1 aliphatic carbocycles. The van der Waals surface area contributed by atoms with Crippen molar-refractivity contribution >= 4 is 23.8 Å². The van der Waals surface area contributed by atoms with Gasteiger partial charge in [0.25, 0.3) is 11.8 Å². The lowest BCUT2D eigenvalue weighted by atomic mass is 9.98. The van der Waals surface area contributed by atoms with E-state index >= 15 is 0 Å². The minimum absolute atomic E-state index is 0.0769. The maximum absolute atomic E-state index is 12.5. The van der Waals surface area contributed by atoms with E-state index in [-0.39, 0.29) is 24.0 Å². The molecule has 0 aromatic rings. The maximum atomic E-state index is 12.5. The van der Waals surface area contributed by atoms with Gasteiger partial charge in [-0.1, -0.05) is 12.8 Å². The number of hydrogen-bond donors (Lipinski definition) is 1. The highest BCUT2D eigenvalue weighted by atomic mass is 16.5.